The normalized spacial score (nSPS) is 16.5. The fourth-order valence-electron chi connectivity index (χ4n) is 2.20. The maximum atomic E-state index is 11.1. The van der Waals surface area contributed by atoms with Gasteiger partial charge in [0, 0.05) is 11.9 Å². The number of fused-ring (bicyclic) bond motifs is 1. The van der Waals surface area contributed by atoms with Crippen LogP contribution in [-0.4, -0.2) is 16.3 Å². The maximum Gasteiger partial charge on any atom is 0.154 e. The SMILES string of the molecule is O=Cc1c(C2CCC2)[nH]c2cccnc12. The lowest BCUT2D eigenvalue weighted by Gasteiger charge is -2.24. The highest BCUT2D eigenvalue weighted by Crippen LogP contribution is 2.38. The fourth-order valence-corrected chi connectivity index (χ4v) is 2.20. The van der Waals surface area contributed by atoms with E-state index in [0.29, 0.717) is 5.92 Å². The zero-order chi connectivity index (χ0) is 10.3. The van der Waals surface area contributed by atoms with E-state index in [1.165, 1.54) is 19.3 Å². The van der Waals surface area contributed by atoms with Crippen LogP contribution in [0.4, 0.5) is 0 Å². The number of nitrogens with zero attached hydrogens (tertiary/aromatic N) is 1. The van der Waals surface area contributed by atoms with Crippen molar-refractivity contribution < 1.29 is 4.79 Å². The molecule has 0 saturated heterocycles. The number of pyridine rings is 1. The lowest BCUT2D eigenvalue weighted by molar-refractivity contribution is 0.112. The van der Waals surface area contributed by atoms with Crippen LogP contribution >= 0.6 is 0 Å². The quantitative estimate of drug-likeness (QED) is 0.757. The smallest absolute Gasteiger partial charge is 0.154 e. The van der Waals surface area contributed by atoms with Gasteiger partial charge in [-0.25, -0.2) is 0 Å². The molecule has 76 valence electrons. The summed E-state index contributed by atoms with van der Waals surface area (Å²) in [6.45, 7) is 0. The molecule has 0 aromatic carbocycles. The molecule has 2 aromatic heterocycles. The van der Waals surface area contributed by atoms with Crippen molar-refractivity contribution in [3.05, 3.63) is 29.6 Å². The molecule has 2 aromatic rings. The number of hydrogen-bond acceptors (Lipinski definition) is 2. The molecule has 0 spiro atoms. The summed E-state index contributed by atoms with van der Waals surface area (Å²) in [7, 11) is 0. The molecule has 2 heterocycles. The third kappa shape index (κ3) is 1.19. The van der Waals surface area contributed by atoms with Gasteiger partial charge in [-0.05, 0) is 30.9 Å². The van der Waals surface area contributed by atoms with Crippen LogP contribution in [0.1, 0.15) is 41.2 Å². The van der Waals surface area contributed by atoms with Crippen LogP contribution < -0.4 is 0 Å². The van der Waals surface area contributed by atoms with Gasteiger partial charge in [-0.2, -0.15) is 0 Å². The van der Waals surface area contributed by atoms with Gasteiger partial charge in [-0.3, -0.25) is 9.78 Å². The van der Waals surface area contributed by atoms with E-state index in [1.54, 1.807) is 6.20 Å². The van der Waals surface area contributed by atoms with Gasteiger partial charge in [0.2, 0.25) is 0 Å². The number of carbonyl (C=O) groups is 1. The van der Waals surface area contributed by atoms with Crippen molar-refractivity contribution >= 4 is 17.3 Å². The Morgan fingerprint density at radius 2 is 2.33 bits per heavy atom. The van der Waals surface area contributed by atoms with Crippen molar-refractivity contribution in [3.8, 4) is 0 Å². The summed E-state index contributed by atoms with van der Waals surface area (Å²) in [6, 6.07) is 3.86. The molecular formula is C12H12N2O. The highest BCUT2D eigenvalue weighted by Gasteiger charge is 2.25. The zero-order valence-electron chi connectivity index (χ0n) is 8.36. The Hall–Kier alpha value is -1.64. The average molecular weight is 200 g/mol. The zero-order valence-corrected chi connectivity index (χ0v) is 8.36. The Morgan fingerprint density at radius 1 is 1.47 bits per heavy atom. The molecule has 1 fully saturated rings. The highest BCUT2D eigenvalue weighted by atomic mass is 16.1. The summed E-state index contributed by atoms with van der Waals surface area (Å²) >= 11 is 0. The monoisotopic (exact) mass is 200 g/mol. The molecule has 1 aliphatic carbocycles. The maximum absolute atomic E-state index is 11.1. The Kier molecular flexibility index (Phi) is 1.84. The molecule has 1 aliphatic rings. The third-order valence-corrected chi connectivity index (χ3v) is 3.25. The number of nitrogens with one attached hydrogen (secondary N) is 1. The average Bonchev–Trinajstić information content (AvgIpc) is 2.53. The summed E-state index contributed by atoms with van der Waals surface area (Å²) < 4.78 is 0. The molecule has 1 N–H and O–H groups in total. The molecule has 0 radical (unpaired) electrons. The van der Waals surface area contributed by atoms with Gasteiger partial charge in [-0.1, -0.05) is 6.42 Å². The summed E-state index contributed by atoms with van der Waals surface area (Å²) in [4.78, 5) is 18.7. The van der Waals surface area contributed by atoms with Crippen molar-refractivity contribution in [2.45, 2.75) is 25.2 Å². The Labute approximate surface area is 87.5 Å². The van der Waals surface area contributed by atoms with Crippen LogP contribution in [0.2, 0.25) is 0 Å². The van der Waals surface area contributed by atoms with E-state index in [1.807, 2.05) is 12.1 Å². The molecule has 3 rings (SSSR count). The number of carbonyl (C=O) groups excluding carboxylic acids is 1. The summed E-state index contributed by atoms with van der Waals surface area (Å²) in [6.07, 6.45) is 6.31. The molecule has 0 bridgehead atoms. The van der Waals surface area contributed by atoms with Crippen molar-refractivity contribution in [1.82, 2.24) is 9.97 Å². The van der Waals surface area contributed by atoms with Gasteiger partial charge in [0.05, 0.1) is 16.6 Å². The van der Waals surface area contributed by atoms with Crippen molar-refractivity contribution in [2.75, 3.05) is 0 Å². The second-order valence-electron chi connectivity index (χ2n) is 4.10. The van der Waals surface area contributed by atoms with Crippen molar-refractivity contribution in [3.63, 3.8) is 0 Å². The molecule has 0 aliphatic heterocycles. The predicted octanol–water partition coefficient (Wildman–Crippen LogP) is 2.64. The van der Waals surface area contributed by atoms with Gasteiger partial charge in [-0.15, -0.1) is 0 Å². The van der Waals surface area contributed by atoms with Crippen LogP contribution in [0.25, 0.3) is 11.0 Å². The minimum Gasteiger partial charge on any atom is -0.356 e. The lowest BCUT2D eigenvalue weighted by atomic mass is 9.82. The Bertz CT molecular complexity index is 511. The highest BCUT2D eigenvalue weighted by molar-refractivity contribution is 5.96. The van der Waals surface area contributed by atoms with Gasteiger partial charge in [0.1, 0.15) is 0 Å². The van der Waals surface area contributed by atoms with Crippen LogP contribution in [0, 0.1) is 0 Å². The summed E-state index contributed by atoms with van der Waals surface area (Å²) in [5.74, 6) is 0.541. The number of aromatic amines is 1. The molecular weight excluding hydrogens is 188 g/mol. The van der Waals surface area contributed by atoms with Gasteiger partial charge < -0.3 is 4.98 Å². The second kappa shape index (κ2) is 3.19. The minimum absolute atomic E-state index is 0.541. The van der Waals surface area contributed by atoms with E-state index in [-0.39, 0.29) is 0 Å². The molecule has 15 heavy (non-hydrogen) atoms. The first-order chi connectivity index (χ1) is 7.40. The molecule has 0 atom stereocenters. The van der Waals surface area contributed by atoms with Crippen molar-refractivity contribution in [2.24, 2.45) is 0 Å². The number of hydrogen-bond donors (Lipinski definition) is 1. The first kappa shape index (κ1) is 8.65. The van der Waals surface area contributed by atoms with E-state index in [4.69, 9.17) is 0 Å². The topological polar surface area (TPSA) is 45.8 Å². The lowest BCUT2D eigenvalue weighted by Crippen LogP contribution is -2.10. The predicted molar refractivity (Wildman–Crippen MR) is 58.1 cm³/mol. The first-order valence-electron chi connectivity index (χ1n) is 5.32. The van der Waals surface area contributed by atoms with Crippen LogP contribution in [-0.2, 0) is 0 Å². The molecule has 0 unspecified atom stereocenters. The molecule has 3 heteroatoms. The fraction of sp³-hybridized carbons (Fsp3) is 0.333. The van der Waals surface area contributed by atoms with E-state index < -0.39 is 0 Å². The number of H-pyrrole nitrogens is 1. The van der Waals surface area contributed by atoms with E-state index >= 15 is 0 Å². The molecule has 1 saturated carbocycles. The van der Waals surface area contributed by atoms with E-state index in [9.17, 15) is 4.79 Å². The van der Waals surface area contributed by atoms with Gasteiger partial charge in [0.15, 0.2) is 6.29 Å². The van der Waals surface area contributed by atoms with Crippen LogP contribution in [0.15, 0.2) is 18.3 Å². The van der Waals surface area contributed by atoms with Crippen LogP contribution in [0.3, 0.4) is 0 Å². The Balaban J connectivity index is 2.23. The van der Waals surface area contributed by atoms with E-state index in [0.717, 1.165) is 28.6 Å². The van der Waals surface area contributed by atoms with Gasteiger partial charge in [0.25, 0.3) is 0 Å². The van der Waals surface area contributed by atoms with Crippen LogP contribution in [0.5, 0.6) is 0 Å². The summed E-state index contributed by atoms with van der Waals surface area (Å²) in [5.41, 5.74) is 3.64. The Morgan fingerprint density at radius 3 is 3.00 bits per heavy atom. The second-order valence-corrected chi connectivity index (χ2v) is 4.10. The van der Waals surface area contributed by atoms with Gasteiger partial charge >= 0.3 is 0 Å². The standard InChI is InChI=1S/C12H12N2O/c15-7-9-11(8-3-1-4-8)14-10-5-2-6-13-12(9)10/h2,5-8,14H,1,3-4H2. The number of aromatic nitrogens is 2. The number of rotatable bonds is 2. The van der Waals surface area contributed by atoms with E-state index in [2.05, 4.69) is 9.97 Å². The molecule has 0 amide bonds. The third-order valence-electron chi connectivity index (χ3n) is 3.25. The molecule has 3 nitrogen and oxygen atoms in total. The number of aldehydes is 1. The minimum atomic E-state index is 0.541. The largest absolute Gasteiger partial charge is 0.356 e. The summed E-state index contributed by atoms with van der Waals surface area (Å²) in [5, 5.41) is 0. The first-order valence-corrected chi connectivity index (χ1v) is 5.32. The van der Waals surface area contributed by atoms with Crippen molar-refractivity contribution in [1.29, 1.82) is 0 Å².